The third-order valence-electron chi connectivity index (χ3n) is 4.31. The van der Waals surface area contributed by atoms with Crippen LogP contribution in [-0.2, 0) is 6.42 Å². The molecule has 0 amide bonds. The van der Waals surface area contributed by atoms with Gasteiger partial charge in [-0.1, -0.05) is 12.1 Å². The van der Waals surface area contributed by atoms with Crippen molar-refractivity contribution in [2.45, 2.75) is 19.4 Å². The van der Waals surface area contributed by atoms with Gasteiger partial charge in [0.25, 0.3) is 0 Å². The van der Waals surface area contributed by atoms with Crippen molar-refractivity contribution < 1.29 is 19.3 Å². The molecule has 0 saturated heterocycles. The maximum Gasteiger partial charge on any atom is 0.160 e. The minimum atomic E-state index is -0.655. The highest BCUT2D eigenvalue weighted by atomic mass is 16.5. The molecule has 2 aromatic carbocycles. The van der Waals surface area contributed by atoms with Gasteiger partial charge in [-0.2, -0.15) is 0 Å². The van der Waals surface area contributed by atoms with Crippen LogP contribution in [0, 0.1) is 6.92 Å². The summed E-state index contributed by atoms with van der Waals surface area (Å²) in [5, 5.41) is 13.3. The molecular weight excluding hydrogens is 346 g/mol. The zero-order valence-electron chi connectivity index (χ0n) is 16.1. The molecular formula is C20H29N3O4. The van der Waals surface area contributed by atoms with Crippen LogP contribution in [0.25, 0.3) is 0 Å². The molecule has 1 unspecified atom stereocenters. The van der Waals surface area contributed by atoms with Gasteiger partial charge in [0, 0.05) is 6.54 Å². The summed E-state index contributed by atoms with van der Waals surface area (Å²) in [6.07, 6.45) is 0.146. The first-order chi connectivity index (χ1) is 13.0. The molecule has 0 aromatic heterocycles. The van der Waals surface area contributed by atoms with Crippen LogP contribution >= 0.6 is 0 Å². The smallest absolute Gasteiger partial charge is 0.160 e. The van der Waals surface area contributed by atoms with Gasteiger partial charge in [-0.15, -0.1) is 0 Å². The summed E-state index contributed by atoms with van der Waals surface area (Å²) in [4.78, 5) is 0. The average Bonchev–Trinajstić information content (AvgIpc) is 2.68. The van der Waals surface area contributed by atoms with Crippen molar-refractivity contribution in [3.63, 3.8) is 0 Å². The van der Waals surface area contributed by atoms with Crippen LogP contribution in [0.15, 0.2) is 30.3 Å². The van der Waals surface area contributed by atoms with Crippen molar-refractivity contribution in [3.05, 3.63) is 41.5 Å². The van der Waals surface area contributed by atoms with E-state index < -0.39 is 6.10 Å². The number of aryl methyl sites for hydroxylation is 1. The number of methoxy groups -OCH3 is 2. The van der Waals surface area contributed by atoms with Crippen molar-refractivity contribution >= 4 is 11.4 Å². The van der Waals surface area contributed by atoms with Gasteiger partial charge in [0.2, 0.25) is 0 Å². The van der Waals surface area contributed by atoms with Crippen LogP contribution in [0.1, 0.15) is 11.1 Å². The third-order valence-corrected chi connectivity index (χ3v) is 4.31. The predicted molar refractivity (Wildman–Crippen MR) is 108 cm³/mol. The summed E-state index contributed by atoms with van der Waals surface area (Å²) < 4.78 is 16.1. The van der Waals surface area contributed by atoms with E-state index in [1.54, 1.807) is 20.3 Å². The Labute approximate surface area is 160 Å². The molecule has 0 saturated carbocycles. The molecule has 0 radical (unpaired) electrons. The van der Waals surface area contributed by atoms with Gasteiger partial charge in [-0.05, 0) is 49.2 Å². The third kappa shape index (κ3) is 5.67. The van der Waals surface area contributed by atoms with E-state index in [9.17, 15) is 5.11 Å². The monoisotopic (exact) mass is 375 g/mol. The number of nitrogens with one attached hydrogen (secondary N) is 1. The molecule has 148 valence electrons. The van der Waals surface area contributed by atoms with Crippen molar-refractivity contribution in [1.29, 1.82) is 0 Å². The standard InChI is InChI=1S/C20H29N3O4/c1-13-4-6-17(20(22)19(13)21)27-12-15(24)11-23-9-8-14-5-7-16(25-2)18(10-14)26-3/h4-7,10,15,23-24H,8-9,11-12,21-22H2,1-3H3. The Morgan fingerprint density at radius 2 is 1.70 bits per heavy atom. The fourth-order valence-electron chi connectivity index (χ4n) is 2.63. The van der Waals surface area contributed by atoms with Gasteiger partial charge < -0.3 is 36.1 Å². The number of rotatable bonds is 10. The molecule has 27 heavy (non-hydrogen) atoms. The van der Waals surface area contributed by atoms with Gasteiger partial charge in [-0.3, -0.25) is 0 Å². The summed E-state index contributed by atoms with van der Waals surface area (Å²) >= 11 is 0. The Kier molecular flexibility index (Phi) is 7.57. The Bertz CT molecular complexity index is 752. The normalized spacial score (nSPS) is 11.9. The maximum atomic E-state index is 10.1. The van der Waals surface area contributed by atoms with E-state index in [1.165, 1.54) is 0 Å². The van der Waals surface area contributed by atoms with Crippen LogP contribution in [0.4, 0.5) is 11.4 Å². The zero-order chi connectivity index (χ0) is 19.8. The van der Waals surface area contributed by atoms with Gasteiger partial charge in [0.05, 0.1) is 25.6 Å². The average molecular weight is 375 g/mol. The Morgan fingerprint density at radius 1 is 1.00 bits per heavy atom. The van der Waals surface area contributed by atoms with Gasteiger partial charge in [-0.25, -0.2) is 0 Å². The molecule has 0 aliphatic rings. The largest absolute Gasteiger partial charge is 0.493 e. The number of aliphatic hydroxyl groups excluding tert-OH is 1. The second-order valence-corrected chi connectivity index (χ2v) is 6.32. The first-order valence-electron chi connectivity index (χ1n) is 8.83. The number of hydrogen-bond acceptors (Lipinski definition) is 7. The Hall–Kier alpha value is -2.64. The molecule has 0 spiro atoms. The molecule has 0 bridgehead atoms. The summed E-state index contributed by atoms with van der Waals surface area (Å²) in [6, 6.07) is 9.43. The van der Waals surface area contributed by atoms with E-state index >= 15 is 0 Å². The van der Waals surface area contributed by atoms with Crippen molar-refractivity contribution in [3.8, 4) is 17.2 Å². The molecule has 0 heterocycles. The topological polar surface area (TPSA) is 112 Å². The molecule has 2 aromatic rings. The molecule has 0 aliphatic heterocycles. The van der Waals surface area contributed by atoms with E-state index in [0.29, 0.717) is 41.7 Å². The molecule has 7 heteroatoms. The predicted octanol–water partition coefficient (Wildman–Crippen LogP) is 1.75. The lowest BCUT2D eigenvalue weighted by atomic mass is 10.1. The number of benzene rings is 2. The van der Waals surface area contributed by atoms with Gasteiger partial charge >= 0.3 is 0 Å². The minimum Gasteiger partial charge on any atom is -0.493 e. The van der Waals surface area contributed by atoms with Crippen LogP contribution in [0.2, 0.25) is 0 Å². The highest BCUT2D eigenvalue weighted by Crippen LogP contribution is 2.30. The second-order valence-electron chi connectivity index (χ2n) is 6.32. The number of anilines is 2. The number of ether oxygens (including phenoxy) is 3. The van der Waals surface area contributed by atoms with E-state index in [1.807, 2.05) is 31.2 Å². The lowest BCUT2D eigenvalue weighted by molar-refractivity contribution is 0.107. The van der Waals surface area contributed by atoms with Crippen LogP contribution in [0.5, 0.6) is 17.2 Å². The molecule has 1 atom stereocenters. The summed E-state index contributed by atoms with van der Waals surface area (Å²) in [5.41, 5.74) is 14.8. The Balaban J connectivity index is 1.73. The summed E-state index contributed by atoms with van der Waals surface area (Å²) in [7, 11) is 3.23. The van der Waals surface area contributed by atoms with Crippen molar-refractivity contribution in [1.82, 2.24) is 5.32 Å². The quantitative estimate of drug-likeness (QED) is 0.370. The van der Waals surface area contributed by atoms with Crippen LogP contribution in [0.3, 0.4) is 0 Å². The molecule has 6 N–H and O–H groups in total. The van der Waals surface area contributed by atoms with Gasteiger partial charge in [0.1, 0.15) is 18.5 Å². The minimum absolute atomic E-state index is 0.135. The summed E-state index contributed by atoms with van der Waals surface area (Å²) in [6.45, 7) is 3.14. The lowest BCUT2D eigenvalue weighted by Crippen LogP contribution is -2.32. The molecule has 2 rings (SSSR count). The second kappa shape index (κ2) is 9.89. The first kappa shape index (κ1) is 20.7. The van der Waals surface area contributed by atoms with E-state index in [-0.39, 0.29) is 6.61 Å². The Morgan fingerprint density at radius 3 is 2.41 bits per heavy atom. The highest BCUT2D eigenvalue weighted by Gasteiger charge is 2.10. The van der Waals surface area contributed by atoms with Crippen molar-refractivity contribution in [2.24, 2.45) is 0 Å². The van der Waals surface area contributed by atoms with E-state index in [4.69, 9.17) is 25.7 Å². The zero-order valence-corrected chi connectivity index (χ0v) is 16.1. The fraction of sp³-hybridized carbons (Fsp3) is 0.400. The van der Waals surface area contributed by atoms with Gasteiger partial charge in [0.15, 0.2) is 11.5 Å². The van der Waals surface area contributed by atoms with E-state index in [2.05, 4.69) is 5.32 Å². The lowest BCUT2D eigenvalue weighted by Gasteiger charge is -2.16. The SMILES string of the molecule is COc1ccc(CCNCC(O)COc2ccc(C)c(N)c2N)cc1OC. The summed E-state index contributed by atoms with van der Waals surface area (Å²) in [5.74, 6) is 1.90. The van der Waals surface area contributed by atoms with E-state index in [0.717, 1.165) is 17.5 Å². The molecule has 0 aliphatic carbocycles. The number of aliphatic hydroxyl groups is 1. The van der Waals surface area contributed by atoms with Crippen LogP contribution in [-0.4, -0.2) is 45.1 Å². The molecule has 0 fully saturated rings. The number of nitrogens with two attached hydrogens (primary N) is 2. The fourth-order valence-corrected chi connectivity index (χ4v) is 2.63. The van der Waals surface area contributed by atoms with Crippen molar-refractivity contribution in [2.75, 3.05) is 45.4 Å². The highest BCUT2D eigenvalue weighted by molar-refractivity contribution is 5.73. The number of hydrogen-bond donors (Lipinski definition) is 4. The number of nitrogen functional groups attached to an aromatic ring is 2. The maximum absolute atomic E-state index is 10.1. The van der Waals surface area contributed by atoms with Crippen LogP contribution < -0.4 is 31.0 Å². The molecule has 7 nitrogen and oxygen atoms in total. The first-order valence-corrected chi connectivity index (χ1v) is 8.83.